The Balaban J connectivity index is 2.04. The van der Waals surface area contributed by atoms with Gasteiger partial charge in [-0.3, -0.25) is 0 Å². The molecule has 0 aromatic carbocycles. The van der Waals surface area contributed by atoms with Crippen LogP contribution in [0.25, 0.3) is 0 Å². The number of nitrogen functional groups attached to an aromatic ring is 1. The first kappa shape index (κ1) is 10.6. The topological polar surface area (TPSA) is 86.0 Å². The predicted octanol–water partition coefficient (Wildman–Crippen LogP) is 1.14. The van der Waals surface area contributed by atoms with E-state index in [-0.39, 0.29) is 5.95 Å². The number of anilines is 2. The highest BCUT2D eigenvalue weighted by atomic mass is 32.1. The summed E-state index contributed by atoms with van der Waals surface area (Å²) in [6.07, 6.45) is 1.69. The van der Waals surface area contributed by atoms with Crippen molar-refractivity contribution in [3.63, 3.8) is 0 Å². The minimum atomic E-state index is 0.283. The average Bonchev–Trinajstić information content (AvgIpc) is 2.73. The summed E-state index contributed by atoms with van der Waals surface area (Å²) in [6, 6.07) is 3.79. The van der Waals surface area contributed by atoms with Gasteiger partial charge in [-0.2, -0.15) is 9.36 Å². The lowest BCUT2D eigenvalue weighted by molar-refractivity contribution is 0.393. The minimum absolute atomic E-state index is 0.283. The first-order chi connectivity index (χ1) is 7.79. The van der Waals surface area contributed by atoms with E-state index >= 15 is 0 Å². The lowest BCUT2D eigenvalue weighted by atomic mass is 10.3. The van der Waals surface area contributed by atoms with Gasteiger partial charge < -0.3 is 15.8 Å². The van der Waals surface area contributed by atoms with Gasteiger partial charge in [0.1, 0.15) is 0 Å². The molecule has 2 aromatic heterocycles. The maximum atomic E-state index is 5.41. The molecule has 0 aliphatic heterocycles. The molecule has 0 saturated carbocycles. The van der Waals surface area contributed by atoms with Crippen LogP contribution in [0.4, 0.5) is 11.1 Å². The summed E-state index contributed by atoms with van der Waals surface area (Å²) in [6.45, 7) is 0.575. The zero-order valence-corrected chi connectivity index (χ0v) is 9.49. The molecule has 0 radical (unpaired) electrons. The van der Waals surface area contributed by atoms with Crippen LogP contribution in [0, 0.1) is 0 Å². The van der Waals surface area contributed by atoms with E-state index in [0.717, 1.165) is 5.56 Å². The van der Waals surface area contributed by atoms with E-state index in [1.165, 1.54) is 11.5 Å². The third-order valence-corrected chi connectivity index (χ3v) is 2.60. The minimum Gasteiger partial charge on any atom is -0.481 e. The first-order valence-corrected chi connectivity index (χ1v) is 5.38. The molecule has 0 fully saturated rings. The summed E-state index contributed by atoms with van der Waals surface area (Å²) in [5.74, 6) is 0.887. The third-order valence-electron chi connectivity index (χ3n) is 1.92. The SMILES string of the molecule is COc1ncccc1CNc1nc(N)ns1. The number of nitrogens with zero attached hydrogens (tertiary/aromatic N) is 3. The van der Waals surface area contributed by atoms with Crippen molar-refractivity contribution in [3.05, 3.63) is 23.9 Å². The van der Waals surface area contributed by atoms with Gasteiger partial charge in [0.2, 0.25) is 17.0 Å². The fourth-order valence-corrected chi connectivity index (χ4v) is 1.71. The largest absolute Gasteiger partial charge is 0.481 e. The molecule has 2 heterocycles. The Morgan fingerprint density at radius 3 is 3.12 bits per heavy atom. The Bertz CT molecular complexity index is 472. The Morgan fingerprint density at radius 2 is 2.44 bits per heavy atom. The van der Waals surface area contributed by atoms with Crippen LogP contribution in [0.15, 0.2) is 18.3 Å². The molecule has 0 aliphatic carbocycles. The van der Waals surface area contributed by atoms with Crippen LogP contribution >= 0.6 is 11.5 Å². The lowest BCUT2D eigenvalue weighted by Crippen LogP contribution is -2.02. The highest BCUT2D eigenvalue weighted by molar-refractivity contribution is 7.09. The Labute approximate surface area is 96.7 Å². The fraction of sp³-hybridized carbons (Fsp3) is 0.222. The van der Waals surface area contributed by atoms with Gasteiger partial charge in [-0.05, 0) is 6.07 Å². The molecule has 2 aromatic rings. The molecule has 16 heavy (non-hydrogen) atoms. The van der Waals surface area contributed by atoms with Crippen molar-refractivity contribution < 1.29 is 4.74 Å². The van der Waals surface area contributed by atoms with E-state index in [2.05, 4.69) is 19.7 Å². The third kappa shape index (κ3) is 2.37. The second kappa shape index (κ2) is 4.75. The van der Waals surface area contributed by atoms with Crippen LogP contribution < -0.4 is 15.8 Å². The standard InChI is InChI=1S/C9H11N5OS/c1-15-7-6(3-2-4-11-7)5-12-9-13-8(10)14-16-9/h2-4H,5H2,1H3,(H3,10,12,13,14). The summed E-state index contributed by atoms with van der Waals surface area (Å²) in [5, 5.41) is 3.79. The van der Waals surface area contributed by atoms with E-state index in [1.807, 2.05) is 12.1 Å². The van der Waals surface area contributed by atoms with Crippen molar-refractivity contribution in [1.82, 2.24) is 14.3 Å². The molecule has 0 amide bonds. The fourth-order valence-electron chi connectivity index (χ4n) is 1.22. The number of ether oxygens (including phenoxy) is 1. The molecule has 3 N–H and O–H groups in total. The van der Waals surface area contributed by atoms with Crippen molar-refractivity contribution in [1.29, 1.82) is 0 Å². The zero-order chi connectivity index (χ0) is 11.4. The molecule has 7 heteroatoms. The van der Waals surface area contributed by atoms with Gasteiger partial charge >= 0.3 is 0 Å². The molecular formula is C9H11N5OS. The van der Waals surface area contributed by atoms with Gasteiger partial charge in [0, 0.05) is 29.8 Å². The van der Waals surface area contributed by atoms with Gasteiger partial charge in [-0.15, -0.1) is 0 Å². The van der Waals surface area contributed by atoms with Crippen LogP contribution in [0.3, 0.4) is 0 Å². The Hall–Kier alpha value is -1.89. The molecule has 0 atom stereocenters. The van der Waals surface area contributed by atoms with Gasteiger partial charge in [0.15, 0.2) is 0 Å². The van der Waals surface area contributed by atoms with Gasteiger partial charge in [-0.25, -0.2) is 4.98 Å². The van der Waals surface area contributed by atoms with Gasteiger partial charge in [0.25, 0.3) is 0 Å². The number of methoxy groups -OCH3 is 1. The smallest absolute Gasteiger partial charge is 0.233 e. The molecular weight excluding hydrogens is 226 g/mol. The molecule has 0 bridgehead atoms. The molecule has 2 rings (SSSR count). The number of nitrogens with two attached hydrogens (primary N) is 1. The monoisotopic (exact) mass is 237 g/mol. The van der Waals surface area contributed by atoms with E-state index in [4.69, 9.17) is 10.5 Å². The van der Waals surface area contributed by atoms with Crippen molar-refractivity contribution >= 4 is 22.6 Å². The normalized spacial score (nSPS) is 10.1. The number of nitrogens with one attached hydrogen (secondary N) is 1. The number of aromatic nitrogens is 3. The first-order valence-electron chi connectivity index (χ1n) is 4.60. The summed E-state index contributed by atoms with van der Waals surface area (Å²) in [5.41, 5.74) is 6.37. The molecule has 0 aliphatic rings. The summed E-state index contributed by atoms with van der Waals surface area (Å²) in [4.78, 5) is 8.09. The van der Waals surface area contributed by atoms with Crippen LogP contribution in [0.2, 0.25) is 0 Å². The number of rotatable bonds is 4. The number of pyridine rings is 1. The zero-order valence-electron chi connectivity index (χ0n) is 8.67. The molecule has 0 unspecified atom stereocenters. The summed E-state index contributed by atoms with van der Waals surface area (Å²) in [7, 11) is 1.59. The van der Waals surface area contributed by atoms with Crippen molar-refractivity contribution in [2.24, 2.45) is 0 Å². The maximum Gasteiger partial charge on any atom is 0.233 e. The second-order valence-electron chi connectivity index (χ2n) is 2.98. The Morgan fingerprint density at radius 1 is 1.56 bits per heavy atom. The number of hydrogen-bond donors (Lipinski definition) is 2. The maximum absolute atomic E-state index is 5.41. The number of hydrogen-bond acceptors (Lipinski definition) is 7. The summed E-state index contributed by atoms with van der Waals surface area (Å²) >= 11 is 1.22. The van der Waals surface area contributed by atoms with Crippen molar-refractivity contribution in [2.45, 2.75) is 6.54 Å². The molecule has 0 saturated heterocycles. The lowest BCUT2D eigenvalue weighted by Gasteiger charge is -2.06. The molecule has 84 valence electrons. The highest BCUT2D eigenvalue weighted by Gasteiger charge is 2.04. The van der Waals surface area contributed by atoms with E-state index in [0.29, 0.717) is 17.6 Å². The van der Waals surface area contributed by atoms with Crippen LogP contribution in [-0.2, 0) is 6.54 Å². The average molecular weight is 237 g/mol. The van der Waals surface area contributed by atoms with E-state index < -0.39 is 0 Å². The van der Waals surface area contributed by atoms with Crippen molar-refractivity contribution in [2.75, 3.05) is 18.2 Å². The quantitative estimate of drug-likeness (QED) is 0.829. The van der Waals surface area contributed by atoms with Gasteiger partial charge in [0.05, 0.1) is 7.11 Å². The summed E-state index contributed by atoms with van der Waals surface area (Å²) < 4.78 is 9.00. The van der Waals surface area contributed by atoms with Gasteiger partial charge in [-0.1, -0.05) is 6.07 Å². The molecule has 6 nitrogen and oxygen atoms in total. The second-order valence-corrected chi connectivity index (χ2v) is 3.73. The molecule has 0 spiro atoms. The van der Waals surface area contributed by atoms with Crippen molar-refractivity contribution in [3.8, 4) is 5.88 Å². The van der Waals surface area contributed by atoms with Crippen LogP contribution in [-0.4, -0.2) is 21.5 Å². The predicted molar refractivity (Wildman–Crippen MR) is 62.4 cm³/mol. The highest BCUT2D eigenvalue weighted by Crippen LogP contribution is 2.17. The van der Waals surface area contributed by atoms with E-state index in [1.54, 1.807) is 13.3 Å². The van der Waals surface area contributed by atoms with E-state index in [9.17, 15) is 0 Å². The van der Waals surface area contributed by atoms with Crippen LogP contribution in [0.1, 0.15) is 5.56 Å². The Kier molecular flexibility index (Phi) is 3.16. The van der Waals surface area contributed by atoms with Crippen LogP contribution in [0.5, 0.6) is 5.88 Å².